The van der Waals surface area contributed by atoms with Gasteiger partial charge in [0.1, 0.15) is 12.4 Å². The summed E-state index contributed by atoms with van der Waals surface area (Å²) in [5, 5.41) is 2.55. The second-order valence-electron chi connectivity index (χ2n) is 3.86. The number of ether oxygens (including phenoxy) is 1. The molecule has 0 aliphatic carbocycles. The molecule has 1 nitrogen and oxygen atoms in total. The van der Waals surface area contributed by atoms with Crippen LogP contribution in [0.3, 0.4) is 0 Å². The Kier molecular flexibility index (Phi) is 1.78. The average molecular weight is 196 g/mol. The van der Waals surface area contributed by atoms with Gasteiger partial charge in [0, 0.05) is 5.56 Å². The van der Waals surface area contributed by atoms with E-state index in [0.29, 0.717) is 6.61 Å². The summed E-state index contributed by atoms with van der Waals surface area (Å²) in [4.78, 5) is 0. The fourth-order valence-corrected chi connectivity index (χ4v) is 2.14. The van der Waals surface area contributed by atoms with E-state index in [2.05, 4.69) is 49.4 Å². The van der Waals surface area contributed by atoms with Gasteiger partial charge < -0.3 is 4.74 Å². The van der Waals surface area contributed by atoms with Gasteiger partial charge in [-0.25, -0.2) is 0 Å². The number of rotatable bonds is 0. The van der Waals surface area contributed by atoms with Crippen LogP contribution < -0.4 is 4.74 Å². The predicted molar refractivity (Wildman–Crippen MR) is 63.1 cm³/mol. The van der Waals surface area contributed by atoms with Crippen LogP contribution in [0, 0.1) is 0 Å². The molecule has 0 fully saturated rings. The molecule has 2 aromatic carbocycles. The first kappa shape index (κ1) is 8.54. The Balaban J connectivity index is 2.43. The molecule has 0 atom stereocenters. The summed E-state index contributed by atoms with van der Waals surface area (Å²) in [5.41, 5.74) is 2.56. The van der Waals surface area contributed by atoms with Crippen LogP contribution in [0.1, 0.15) is 12.5 Å². The SMILES string of the molecule is CC1=CCOc2ccc3ccccc3c21. The van der Waals surface area contributed by atoms with Gasteiger partial charge in [0.25, 0.3) is 0 Å². The van der Waals surface area contributed by atoms with E-state index >= 15 is 0 Å². The highest BCUT2D eigenvalue weighted by atomic mass is 16.5. The molecule has 1 aliphatic rings. The van der Waals surface area contributed by atoms with Gasteiger partial charge in [-0.3, -0.25) is 0 Å². The lowest BCUT2D eigenvalue weighted by atomic mass is 9.97. The molecule has 2 aromatic rings. The summed E-state index contributed by atoms with van der Waals surface area (Å²) in [6.07, 6.45) is 2.13. The zero-order valence-electron chi connectivity index (χ0n) is 8.66. The number of hydrogen-bond donors (Lipinski definition) is 0. The number of allylic oxidation sites excluding steroid dienone is 1. The summed E-state index contributed by atoms with van der Waals surface area (Å²) < 4.78 is 5.63. The summed E-state index contributed by atoms with van der Waals surface area (Å²) in [6, 6.07) is 12.6. The van der Waals surface area contributed by atoms with Crippen LogP contribution in [0.25, 0.3) is 16.3 Å². The van der Waals surface area contributed by atoms with Crippen molar-refractivity contribution in [2.24, 2.45) is 0 Å². The first-order valence-electron chi connectivity index (χ1n) is 5.18. The van der Waals surface area contributed by atoms with Gasteiger partial charge >= 0.3 is 0 Å². The zero-order valence-corrected chi connectivity index (χ0v) is 8.66. The maximum Gasteiger partial charge on any atom is 0.127 e. The minimum atomic E-state index is 0.692. The van der Waals surface area contributed by atoms with Gasteiger partial charge in [0.2, 0.25) is 0 Å². The smallest absolute Gasteiger partial charge is 0.127 e. The summed E-state index contributed by atoms with van der Waals surface area (Å²) in [5.74, 6) is 1.01. The fraction of sp³-hybridized carbons (Fsp3) is 0.143. The standard InChI is InChI=1S/C14H12O/c1-10-8-9-15-13-7-6-11-4-2-3-5-12(11)14(10)13/h2-8H,9H2,1H3. The molecule has 74 valence electrons. The number of hydrogen-bond acceptors (Lipinski definition) is 1. The Morgan fingerprint density at radius 3 is 2.87 bits per heavy atom. The molecule has 1 aliphatic heterocycles. The lowest BCUT2D eigenvalue weighted by Gasteiger charge is -2.18. The molecule has 0 amide bonds. The average Bonchev–Trinajstić information content (AvgIpc) is 2.29. The third kappa shape index (κ3) is 1.23. The van der Waals surface area contributed by atoms with Gasteiger partial charge in [-0.2, -0.15) is 0 Å². The van der Waals surface area contributed by atoms with E-state index in [1.807, 2.05) is 0 Å². The van der Waals surface area contributed by atoms with Crippen LogP contribution in [0.15, 0.2) is 42.5 Å². The second kappa shape index (κ2) is 3.13. The van der Waals surface area contributed by atoms with Gasteiger partial charge in [-0.15, -0.1) is 0 Å². The molecule has 0 saturated heterocycles. The molecule has 0 N–H and O–H groups in total. The lowest BCUT2D eigenvalue weighted by molar-refractivity contribution is 0.358. The summed E-state index contributed by atoms with van der Waals surface area (Å²) >= 11 is 0. The van der Waals surface area contributed by atoms with Crippen molar-refractivity contribution < 1.29 is 4.74 Å². The van der Waals surface area contributed by atoms with Crippen molar-refractivity contribution in [2.45, 2.75) is 6.92 Å². The summed E-state index contributed by atoms with van der Waals surface area (Å²) in [6.45, 7) is 2.84. The highest BCUT2D eigenvalue weighted by molar-refractivity contribution is 5.96. The molecule has 15 heavy (non-hydrogen) atoms. The molecular weight excluding hydrogens is 184 g/mol. The monoisotopic (exact) mass is 196 g/mol. The quantitative estimate of drug-likeness (QED) is 0.625. The Hall–Kier alpha value is -1.76. The zero-order chi connectivity index (χ0) is 10.3. The number of fused-ring (bicyclic) bond motifs is 3. The molecule has 0 unspecified atom stereocenters. The third-order valence-electron chi connectivity index (χ3n) is 2.91. The van der Waals surface area contributed by atoms with Crippen molar-refractivity contribution in [3.05, 3.63) is 48.0 Å². The van der Waals surface area contributed by atoms with Crippen LogP contribution in [0.5, 0.6) is 5.75 Å². The topological polar surface area (TPSA) is 9.23 Å². The minimum Gasteiger partial charge on any atom is -0.489 e. The van der Waals surface area contributed by atoms with Gasteiger partial charge in [-0.05, 0) is 35.4 Å². The van der Waals surface area contributed by atoms with E-state index in [9.17, 15) is 0 Å². The maximum absolute atomic E-state index is 5.63. The molecule has 3 rings (SSSR count). The van der Waals surface area contributed by atoms with Crippen LogP contribution >= 0.6 is 0 Å². The highest BCUT2D eigenvalue weighted by Crippen LogP contribution is 2.35. The van der Waals surface area contributed by atoms with E-state index < -0.39 is 0 Å². The van der Waals surface area contributed by atoms with Gasteiger partial charge in [0.15, 0.2) is 0 Å². The molecule has 0 aromatic heterocycles. The maximum atomic E-state index is 5.63. The van der Waals surface area contributed by atoms with E-state index in [1.54, 1.807) is 0 Å². The Morgan fingerprint density at radius 2 is 1.93 bits per heavy atom. The fourth-order valence-electron chi connectivity index (χ4n) is 2.14. The Labute approximate surface area is 89.0 Å². The van der Waals surface area contributed by atoms with E-state index in [4.69, 9.17) is 4.74 Å². The minimum absolute atomic E-state index is 0.692. The second-order valence-corrected chi connectivity index (χ2v) is 3.86. The van der Waals surface area contributed by atoms with Crippen LogP contribution in [-0.2, 0) is 0 Å². The summed E-state index contributed by atoms with van der Waals surface area (Å²) in [7, 11) is 0. The molecule has 0 saturated carbocycles. The number of benzene rings is 2. The Morgan fingerprint density at radius 1 is 1.07 bits per heavy atom. The van der Waals surface area contributed by atoms with Gasteiger partial charge in [0.05, 0.1) is 0 Å². The molecule has 1 heterocycles. The third-order valence-corrected chi connectivity index (χ3v) is 2.91. The normalized spacial score (nSPS) is 14.3. The molecule has 1 heteroatoms. The lowest BCUT2D eigenvalue weighted by Crippen LogP contribution is -2.03. The van der Waals surface area contributed by atoms with Crippen LogP contribution in [0.4, 0.5) is 0 Å². The van der Waals surface area contributed by atoms with E-state index in [1.165, 1.54) is 21.9 Å². The van der Waals surface area contributed by atoms with Crippen molar-refractivity contribution >= 4 is 16.3 Å². The van der Waals surface area contributed by atoms with Crippen molar-refractivity contribution in [1.29, 1.82) is 0 Å². The Bertz CT molecular complexity index is 552. The van der Waals surface area contributed by atoms with Crippen molar-refractivity contribution in [3.63, 3.8) is 0 Å². The van der Waals surface area contributed by atoms with Crippen molar-refractivity contribution in [1.82, 2.24) is 0 Å². The van der Waals surface area contributed by atoms with Crippen molar-refractivity contribution in [2.75, 3.05) is 6.61 Å². The predicted octanol–water partition coefficient (Wildman–Crippen LogP) is 3.64. The van der Waals surface area contributed by atoms with E-state index in [0.717, 1.165) is 5.75 Å². The van der Waals surface area contributed by atoms with Crippen LogP contribution in [0.2, 0.25) is 0 Å². The van der Waals surface area contributed by atoms with Gasteiger partial charge in [-0.1, -0.05) is 30.3 Å². The first-order valence-corrected chi connectivity index (χ1v) is 5.18. The molecular formula is C14H12O. The molecule has 0 bridgehead atoms. The first-order chi connectivity index (χ1) is 7.36. The molecule has 0 radical (unpaired) electrons. The van der Waals surface area contributed by atoms with Crippen molar-refractivity contribution in [3.8, 4) is 5.75 Å². The highest BCUT2D eigenvalue weighted by Gasteiger charge is 2.13. The van der Waals surface area contributed by atoms with E-state index in [-0.39, 0.29) is 0 Å². The molecule has 0 spiro atoms. The largest absolute Gasteiger partial charge is 0.489 e. The van der Waals surface area contributed by atoms with Crippen LogP contribution in [-0.4, -0.2) is 6.61 Å².